The Labute approximate surface area is 145 Å². The van der Waals surface area contributed by atoms with Crippen LogP contribution in [0.15, 0.2) is 87.5 Å². The third kappa shape index (κ3) is 4.42. The highest BCUT2D eigenvalue weighted by atomic mass is 79.9. The molecule has 0 spiro atoms. The van der Waals surface area contributed by atoms with Crippen LogP contribution in [0.25, 0.3) is 0 Å². The van der Waals surface area contributed by atoms with Gasteiger partial charge in [0.25, 0.3) is 0 Å². The molecule has 2 aromatic rings. The Balaban J connectivity index is 1.76. The minimum Gasteiger partial charge on any atom is -0.361 e. The van der Waals surface area contributed by atoms with E-state index in [1.54, 1.807) is 0 Å². The van der Waals surface area contributed by atoms with Crippen molar-refractivity contribution in [3.05, 3.63) is 82.5 Å². The van der Waals surface area contributed by atoms with Crippen molar-refractivity contribution in [3.8, 4) is 0 Å². The third-order valence-electron chi connectivity index (χ3n) is 3.77. The largest absolute Gasteiger partial charge is 0.361 e. The average Bonchev–Trinajstić information content (AvgIpc) is 2.61. The summed E-state index contributed by atoms with van der Waals surface area (Å²) >= 11 is 3.75. The van der Waals surface area contributed by atoms with Crippen LogP contribution in [-0.2, 0) is 0 Å². The maximum absolute atomic E-state index is 4.57. The van der Waals surface area contributed by atoms with Crippen molar-refractivity contribution in [2.45, 2.75) is 19.3 Å². The number of para-hydroxylation sites is 2. The molecular weight excluding hydrogens is 348 g/mol. The summed E-state index contributed by atoms with van der Waals surface area (Å²) in [5.41, 5.74) is 4.63. The number of nitrogens with zero attached hydrogens (tertiary/aromatic N) is 1. The molecule has 3 rings (SSSR count). The summed E-state index contributed by atoms with van der Waals surface area (Å²) in [6.45, 7) is 0. The number of aliphatic imine (C=N–C) groups is 1. The zero-order chi connectivity index (χ0) is 15.9. The molecule has 0 bridgehead atoms. The van der Waals surface area contributed by atoms with Gasteiger partial charge < -0.3 is 5.32 Å². The minimum atomic E-state index is 0.985. The maximum atomic E-state index is 4.57. The average molecular weight is 367 g/mol. The third-order valence-corrected chi connectivity index (χ3v) is 4.79. The molecule has 23 heavy (non-hydrogen) atoms. The van der Waals surface area contributed by atoms with Gasteiger partial charge in [0.1, 0.15) is 0 Å². The number of benzene rings is 2. The predicted octanol–water partition coefficient (Wildman–Crippen LogP) is 6.22. The van der Waals surface area contributed by atoms with Crippen molar-refractivity contribution < 1.29 is 0 Å². The molecule has 0 atom stereocenters. The summed E-state index contributed by atoms with van der Waals surface area (Å²) in [6, 6.07) is 20.3. The molecule has 2 aromatic carbocycles. The summed E-state index contributed by atoms with van der Waals surface area (Å²) in [7, 11) is 0. The second kappa shape index (κ2) is 7.93. The highest BCUT2D eigenvalue weighted by Gasteiger charge is 2.14. The molecule has 0 saturated heterocycles. The van der Waals surface area contributed by atoms with E-state index in [4.69, 9.17) is 0 Å². The number of rotatable bonds is 4. The van der Waals surface area contributed by atoms with Crippen molar-refractivity contribution in [2.75, 3.05) is 5.32 Å². The smallest absolute Gasteiger partial charge is 0.0629 e. The molecule has 3 heteroatoms. The molecule has 1 aliphatic carbocycles. The summed E-state index contributed by atoms with van der Waals surface area (Å²) in [4.78, 5) is 4.57. The number of hydrogen-bond donors (Lipinski definition) is 1. The lowest BCUT2D eigenvalue weighted by molar-refractivity contribution is 0.802. The lowest BCUT2D eigenvalue weighted by Crippen LogP contribution is -2.02. The van der Waals surface area contributed by atoms with Crippen molar-refractivity contribution in [3.63, 3.8) is 0 Å². The van der Waals surface area contributed by atoms with Crippen LogP contribution >= 0.6 is 15.9 Å². The fraction of sp³-hybridized carbons (Fsp3) is 0.150. The van der Waals surface area contributed by atoms with Crippen LogP contribution in [0.1, 0.15) is 19.3 Å². The summed E-state index contributed by atoms with van der Waals surface area (Å²) in [5.74, 6) is 0. The molecule has 0 amide bonds. The minimum absolute atomic E-state index is 0.985. The molecule has 2 nitrogen and oxygen atoms in total. The molecule has 0 aromatic heterocycles. The summed E-state index contributed by atoms with van der Waals surface area (Å²) in [6.07, 6.45) is 7.35. The van der Waals surface area contributed by atoms with E-state index in [0.29, 0.717) is 0 Å². The number of halogens is 1. The first-order chi connectivity index (χ1) is 11.3. The quantitative estimate of drug-likeness (QED) is 0.638. The van der Waals surface area contributed by atoms with Gasteiger partial charge in [0.05, 0.1) is 5.69 Å². The SMILES string of the molecule is BrC1=C(/C=N/c2ccccc2)CCC/C1=C\Nc1ccccc1. The van der Waals surface area contributed by atoms with E-state index in [2.05, 4.69) is 44.6 Å². The van der Waals surface area contributed by atoms with E-state index in [1.807, 2.05) is 54.7 Å². The Morgan fingerprint density at radius 1 is 0.913 bits per heavy atom. The van der Waals surface area contributed by atoms with Gasteiger partial charge in [-0.15, -0.1) is 0 Å². The van der Waals surface area contributed by atoms with Crippen LogP contribution in [0.5, 0.6) is 0 Å². The fourth-order valence-corrected chi connectivity index (χ4v) is 3.14. The van der Waals surface area contributed by atoms with Gasteiger partial charge in [-0.05, 0) is 54.7 Å². The van der Waals surface area contributed by atoms with Gasteiger partial charge in [-0.1, -0.05) is 52.3 Å². The van der Waals surface area contributed by atoms with E-state index >= 15 is 0 Å². The second-order valence-electron chi connectivity index (χ2n) is 5.47. The number of nitrogens with one attached hydrogen (secondary N) is 1. The zero-order valence-corrected chi connectivity index (χ0v) is 14.5. The highest BCUT2D eigenvalue weighted by molar-refractivity contribution is 9.12. The zero-order valence-electron chi connectivity index (χ0n) is 12.9. The van der Waals surface area contributed by atoms with Crippen LogP contribution < -0.4 is 5.32 Å². The molecule has 0 heterocycles. The van der Waals surface area contributed by atoms with Crippen molar-refractivity contribution >= 4 is 33.5 Å². The first kappa shape index (κ1) is 15.8. The Morgan fingerprint density at radius 2 is 1.61 bits per heavy atom. The van der Waals surface area contributed by atoms with Gasteiger partial charge in [-0.2, -0.15) is 0 Å². The Hall–Kier alpha value is -2.13. The number of anilines is 1. The van der Waals surface area contributed by atoms with Crippen LogP contribution in [0.3, 0.4) is 0 Å². The number of hydrogen-bond acceptors (Lipinski definition) is 2. The monoisotopic (exact) mass is 366 g/mol. The second-order valence-corrected chi connectivity index (χ2v) is 6.26. The lowest BCUT2D eigenvalue weighted by Gasteiger charge is -2.17. The van der Waals surface area contributed by atoms with Crippen molar-refractivity contribution in [2.24, 2.45) is 4.99 Å². The first-order valence-electron chi connectivity index (χ1n) is 7.82. The summed E-state index contributed by atoms with van der Waals surface area (Å²) in [5, 5.41) is 3.37. The van der Waals surface area contributed by atoms with Gasteiger partial charge in [0.2, 0.25) is 0 Å². The molecule has 0 aliphatic heterocycles. The number of allylic oxidation sites excluding steroid dienone is 3. The van der Waals surface area contributed by atoms with E-state index in [0.717, 1.165) is 35.1 Å². The molecule has 0 fully saturated rings. The van der Waals surface area contributed by atoms with Gasteiger partial charge in [0, 0.05) is 22.6 Å². The molecular formula is C20H19BrN2. The topological polar surface area (TPSA) is 24.4 Å². The lowest BCUT2D eigenvalue weighted by atomic mass is 9.96. The Morgan fingerprint density at radius 3 is 2.35 bits per heavy atom. The van der Waals surface area contributed by atoms with Crippen molar-refractivity contribution in [1.82, 2.24) is 0 Å². The molecule has 1 N–H and O–H groups in total. The first-order valence-corrected chi connectivity index (χ1v) is 8.61. The molecule has 0 saturated carbocycles. The van der Waals surface area contributed by atoms with Crippen LogP contribution in [-0.4, -0.2) is 6.21 Å². The van der Waals surface area contributed by atoms with E-state index in [-0.39, 0.29) is 0 Å². The van der Waals surface area contributed by atoms with Crippen molar-refractivity contribution in [1.29, 1.82) is 0 Å². The van der Waals surface area contributed by atoms with Gasteiger partial charge in [-0.25, -0.2) is 0 Å². The maximum Gasteiger partial charge on any atom is 0.0629 e. The van der Waals surface area contributed by atoms with Gasteiger partial charge in [-0.3, -0.25) is 4.99 Å². The van der Waals surface area contributed by atoms with Crippen LogP contribution in [0, 0.1) is 0 Å². The Kier molecular flexibility index (Phi) is 5.43. The molecule has 116 valence electrons. The summed E-state index contributed by atoms with van der Waals surface area (Å²) < 4.78 is 1.16. The standard InChI is InChI=1S/C20H19BrN2/c21-20-16(14-22-18-10-3-1-4-11-18)8-7-9-17(20)15-23-19-12-5-2-6-13-19/h1-6,10-15,22H,7-9H2/b16-14+,23-15+. The predicted molar refractivity (Wildman–Crippen MR) is 103 cm³/mol. The van der Waals surface area contributed by atoms with Gasteiger partial charge >= 0.3 is 0 Å². The molecule has 1 aliphatic rings. The van der Waals surface area contributed by atoms with E-state index in [9.17, 15) is 0 Å². The van der Waals surface area contributed by atoms with Crippen LogP contribution in [0.2, 0.25) is 0 Å². The fourth-order valence-electron chi connectivity index (χ4n) is 2.52. The van der Waals surface area contributed by atoms with E-state index < -0.39 is 0 Å². The van der Waals surface area contributed by atoms with E-state index in [1.165, 1.54) is 11.1 Å². The molecule has 0 unspecified atom stereocenters. The highest BCUT2D eigenvalue weighted by Crippen LogP contribution is 2.33. The Bertz CT molecular complexity index is 731. The normalized spacial score (nSPS) is 17.0. The molecule has 0 radical (unpaired) electrons. The van der Waals surface area contributed by atoms with Gasteiger partial charge in [0.15, 0.2) is 0 Å². The van der Waals surface area contributed by atoms with Crippen LogP contribution in [0.4, 0.5) is 11.4 Å².